The van der Waals surface area contributed by atoms with Gasteiger partial charge in [-0.3, -0.25) is 0 Å². The van der Waals surface area contributed by atoms with Crippen LogP contribution in [-0.4, -0.2) is 8.42 Å². The quantitative estimate of drug-likeness (QED) is 0.0985. The Labute approximate surface area is 261 Å². The van der Waals surface area contributed by atoms with Crippen LogP contribution < -0.4 is 18.1 Å². The Morgan fingerprint density at radius 1 is 0.714 bits per heavy atom. The summed E-state index contributed by atoms with van der Waals surface area (Å²) in [5.74, 6) is -11.6. The molecule has 0 aromatic heterocycles. The number of aryl methyl sites for hydroxylation is 1. The van der Waals surface area contributed by atoms with E-state index in [1.165, 1.54) is 23.3 Å². The summed E-state index contributed by atoms with van der Waals surface area (Å²) in [6.45, 7) is 6.45. The van der Waals surface area contributed by atoms with Gasteiger partial charge in [-0.05, 0) is 5.56 Å². The Bertz CT molecular complexity index is 1520. The summed E-state index contributed by atoms with van der Waals surface area (Å²) in [7, 11) is -5.34. The SMILES string of the molecule is Cc1[c-]cc(C(C)C)cc1.N[C@@H](c1ccccc1)[C@@H]([N-]S(=O)(=O)c1c(F)c(F)c(F)c(F)c1F)c1ccccc1.[Cl-].[Ru+3]. The number of benzene rings is 4. The molecule has 4 aromatic carbocycles. The number of halogens is 6. The molecule has 42 heavy (non-hydrogen) atoms. The van der Waals surface area contributed by atoms with Gasteiger partial charge in [-0.2, -0.15) is 35.4 Å². The number of sulfonamides is 1. The molecule has 0 bridgehead atoms. The Hall–Kier alpha value is -2.69. The fourth-order valence-corrected chi connectivity index (χ4v) is 5.02. The van der Waals surface area contributed by atoms with Gasteiger partial charge in [0.25, 0.3) is 0 Å². The molecule has 0 unspecified atom stereocenters. The van der Waals surface area contributed by atoms with E-state index in [2.05, 4.69) is 49.8 Å². The zero-order valence-electron chi connectivity index (χ0n) is 22.6. The van der Waals surface area contributed by atoms with E-state index in [4.69, 9.17) is 5.73 Å². The van der Waals surface area contributed by atoms with Crippen LogP contribution in [0.4, 0.5) is 22.0 Å². The monoisotopic (exact) mass is 711 g/mol. The largest absolute Gasteiger partial charge is 3.00 e. The van der Waals surface area contributed by atoms with Crippen LogP contribution in [-0.2, 0) is 29.5 Å². The first kappa shape index (κ1) is 37.3. The molecule has 2 atom stereocenters. The van der Waals surface area contributed by atoms with Crippen molar-refractivity contribution in [3.05, 3.63) is 141 Å². The Balaban J connectivity index is 0.000000626. The zero-order valence-corrected chi connectivity index (χ0v) is 25.9. The maximum absolute atomic E-state index is 14.1. The molecule has 0 amide bonds. The van der Waals surface area contributed by atoms with Crippen molar-refractivity contribution in [3.63, 3.8) is 0 Å². The van der Waals surface area contributed by atoms with E-state index in [-0.39, 0.29) is 37.4 Å². The van der Waals surface area contributed by atoms with Gasteiger partial charge in [0, 0.05) is 6.04 Å². The number of hydrogen-bond acceptors (Lipinski definition) is 3. The average molecular weight is 711 g/mol. The average Bonchev–Trinajstić information content (AvgIpc) is 2.95. The molecule has 0 aliphatic rings. The van der Waals surface area contributed by atoms with Crippen molar-refractivity contribution in [2.45, 2.75) is 43.7 Å². The molecule has 4 aromatic rings. The molecule has 0 spiro atoms. The van der Waals surface area contributed by atoms with Crippen LogP contribution in [0.5, 0.6) is 0 Å². The van der Waals surface area contributed by atoms with Gasteiger partial charge in [0.05, 0.1) is 0 Å². The van der Waals surface area contributed by atoms with Crippen molar-refractivity contribution in [1.29, 1.82) is 0 Å². The van der Waals surface area contributed by atoms with Crippen molar-refractivity contribution in [3.8, 4) is 0 Å². The van der Waals surface area contributed by atoms with E-state index < -0.39 is 56.1 Å². The molecule has 1 radical (unpaired) electrons. The number of rotatable bonds is 7. The van der Waals surface area contributed by atoms with Crippen LogP contribution in [0.2, 0.25) is 0 Å². The molecular weight excluding hydrogens is 684 g/mol. The third kappa shape index (κ3) is 8.91. The van der Waals surface area contributed by atoms with Gasteiger partial charge in [0.1, 0.15) is 14.9 Å². The topological polar surface area (TPSA) is 74.3 Å². The predicted octanol–water partition coefficient (Wildman–Crippen LogP) is 4.81. The maximum Gasteiger partial charge on any atom is 3.00 e. The molecule has 0 saturated carbocycles. The second-order valence-electron chi connectivity index (χ2n) is 9.23. The maximum atomic E-state index is 14.1. The van der Waals surface area contributed by atoms with Crippen LogP contribution in [0.15, 0.2) is 83.8 Å². The molecular formula is C30H27ClF5N2O2RuS. The van der Waals surface area contributed by atoms with E-state index in [0.29, 0.717) is 11.5 Å². The second kappa shape index (κ2) is 16.2. The molecule has 4 rings (SSSR count). The third-order valence-corrected chi connectivity index (χ3v) is 7.38. The Morgan fingerprint density at radius 2 is 1.17 bits per heavy atom. The van der Waals surface area contributed by atoms with Gasteiger partial charge >= 0.3 is 19.5 Å². The molecule has 225 valence electrons. The van der Waals surface area contributed by atoms with Crippen LogP contribution >= 0.6 is 0 Å². The summed E-state index contributed by atoms with van der Waals surface area (Å²) in [6.07, 6.45) is 0. The molecule has 0 fully saturated rings. The summed E-state index contributed by atoms with van der Waals surface area (Å²) in [6, 6.07) is 22.9. The molecule has 0 heterocycles. The third-order valence-electron chi connectivity index (χ3n) is 6.00. The standard InChI is InChI=1S/C20H14F5N2O2S.C10H13.ClH.Ru/c21-13-14(22)16(24)20(17(25)15(13)23)30(28,29)27-19(12-9-5-2-6-10-12)18(26)11-7-3-1-4-8-11;1-8(2)10-6-4-9(3)5-7-10;;/h1-10,18-19H,26H2;4,6-8H,1-3H3;1H;/q2*-1;;+3/p-1/t18-,19-;;;/m0.../s1. The van der Waals surface area contributed by atoms with E-state index in [1.54, 1.807) is 48.5 Å². The van der Waals surface area contributed by atoms with E-state index >= 15 is 0 Å². The van der Waals surface area contributed by atoms with E-state index in [1.807, 2.05) is 0 Å². The van der Waals surface area contributed by atoms with Gasteiger partial charge in [-0.25, -0.2) is 30.4 Å². The first-order valence-electron chi connectivity index (χ1n) is 12.2. The fraction of sp³-hybridized carbons (Fsp3) is 0.200. The van der Waals surface area contributed by atoms with Crippen LogP contribution in [0.3, 0.4) is 0 Å². The minimum absolute atomic E-state index is 0. The van der Waals surface area contributed by atoms with E-state index in [9.17, 15) is 30.4 Å². The fourth-order valence-electron chi connectivity index (χ4n) is 3.73. The summed E-state index contributed by atoms with van der Waals surface area (Å²) in [5.41, 5.74) is 9.45. The Kier molecular flexibility index (Phi) is 14.4. The van der Waals surface area contributed by atoms with Crippen molar-refractivity contribution >= 4 is 10.0 Å². The van der Waals surface area contributed by atoms with Crippen LogP contribution in [0.25, 0.3) is 4.72 Å². The van der Waals surface area contributed by atoms with Crippen molar-refractivity contribution < 1.29 is 62.3 Å². The minimum atomic E-state index is -5.34. The predicted molar refractivity (Wildman–Crippen MR) is 143 cm³/mol. The smallest absolute Gasteiger partial charge is 1.00 e. The van der Waals surface area contributed by atoms with Gasteiger partial charge in [-0.1, -0.05) is 99.0 Å². The first-order chi connectivity index (χ1) is 18.8. The summed E-state index contributed by atoms with van der Waals surface area (Å²) < 4.78 is 97.3. The van der Waals surface area contributed by atoms with Crippen LogP contribution in [0.1, 0.15) is 54.1 Å². The number of hydrogen-bond donors (Lipinski definition) is 1. The molecule has 0 aliphatic heterocycles. The Morgan fingerprint density at radius 3 is 1.60 bits per heavy atom. The van der Waals surface area contributed by atoms with E-state index in [0.717, 1.165) is 0 Å². The normalized spacial score (nSPS) is 12.3. The summed E-state index contributed by atoms with van der Waals surface area (Å²) >= 11 is 0. The molecule has 4 nitrogen and oxygen atoms in total. The van der Waals surface area contributed by atoms with Gasteiger partial charge in [-0.15, -0.1) is 0 Å². The molecule has 2 N–H and O–H groups in total. The molecule has 0 aliphatic carbocycles. The van der Waals surface area contributed by atoms with Crippen LogP contribution in [0, 0.1) is 42.1 Å². The van der Waals surface area contributed by atoms with Gasteiger partial charge in [0.15, 0.2) is 23.3 Å². The number of nitrogens with two attached hydrogens (primary N) is 1. The van der Waals surface area contributed by atoms with Crippen molar-refractivity contribution in [1.82, 2.24) is 0 Å². The first-order valence-corrected chi connectivity index (χ1v) is 13.6. The summed E-state index contributed by atoms with van der Waals surface area (Å²) in [4.78, 5) is -2.03. The van der Waals surface area contributed by atoms with Gasteiger partial charge < -0.3 is 22.9 Å². The zero-order chi connectivity index (χ0) is 29.6. The molecule has 12 heteroatoms. The summed E-state index contributed by atoms with van der Waals surface area (Å²) in [5, 5.41) is 0. The minimum Gasteiger partial charge on any atom is -1.00 e. The number of nitrogens with zero attached hydrogens (tertiary/aromatic N) is 1. The van der Waals surface area contributed by atoms with Gasteiger partial charge in [0.2, 0.25) is 5.82 Å². The van der Waals surface area contributed by atoms with Crippen molar-refractivity contribution in [2.75, 3.05) is 0 Å². The second-order valence-corrected chi connectivity index (χ2v) is 10.8. The van der Waals surface area contributed by atoms with Crippen molar-refractivity contribution in [2.24, 2.45) is 5.73 Å². The molecule has 0 saturated heterocycles.